The zero-order valence-corrected chi connectivity index (χ0v) is 22.6. The van der Waals surface area contributed by atoms with Crippen molar-refractivity contribution in [2.75, 3.05) is 23.8 Å². The summed E-state index contributed by atoms with van der Waals surface area (Å²) < 4.78 is 38.4. The largest absolute Gasteiger partial charge is 0.495 e. The number of methoxy groups -OCH3 is 1. The van der Waals surface area contributed by atoms with Crippen LogP contribution in [0, 0.1) is 6.92 Å². The Hall–Kier alpha value is -4.55. The molecule has 13 heteroatoms. The number of carbonyl (C=O) groups excluding carboxylic acids is 1. The van der Waals surface area contributed by atoms with Crippen LogP contribution in [0.15, 0.2) is 60.9 Å². The van der Waals surface area contributed by atoms with E-state index in [1.54, 1.807) is 54.7 Å². The summed E-state index contributed by atoms with van der Waals surface area (Å²) in [6.45, 7) is 1.84. The molecule has 4 N–H and O–H groups in total. The molecule has 5 rings (SSSR count). The number of aromatic nitrogens is 4. The molecule has 0 aliphatic carbocycles. The number of nitrogens with two attached hydrogens (primary N) is 1. The lowest BCUT2D eigenvalue weighted by Gasteiger charge is -2.10. The number of sulfonamides is 1. The summed E-state index contributed by atoms with van der Waals surface area (Å²) in [5, 5.41) is 5.51. The predicted octanol–water partition coefficient (Wildman–Crippen LogP) is 4.70. The van der Waals surface area contributed by atoms with Crippen molar-refractivity contribution < 1.29 is 22.7 Å². The molecule has 0 unspecified atom stereocenters. The molecular formula is C26H23ClN6O5S. The average molecular weight is 567 g/mol. The second-order valence-corrected chi connectivity index (χ2v) is 10.9. The number of hydrogen-bond acceptors (Lipinski definition) is 8. The Morgan fingerprint density at radius 3 is 2.64 bits per heavy atom. The Morgan fingerprint density at radius 1 is 1.15 bits per heavy atom. The molecule has 0 aliphatic heterocycles. The first kappa shape index (κ1) is 26.1. The van der Waals surface area contributed by atoms with E-state index in [0.29, 0.717) is 39.0 Å². The number of fused-ring (bicyclic) bond motifs is 1. The first-order valence-corrected chi connectivity index (χ1v) is 13.8. The van der Waals surface area contributed by atoms with Crippen molar-refractivity contribution in [2.24, 2.45) is 0 Å². The Bertz CT molecular complexity index is 1850. The molecule has 0 saturated carbocycles. The zero-order valence-electron chi connectivity index (χ0n) is 21.0. The molecule has 3 aromatic heterocycles. The van der Waals surface area contributed by atoms with Crippen LogP contribution in [0.25, 0.3) is 16.6 Å². The van der Waals surface area contributed by atoms with Crippen LogP contribution in [0.1, 0.15) is 21.6 Å². The highest BCUT2D eigenvalue weighted by Gasteiger charge is 2.21. The molecule has 0 amide bonds. The van der Waals surface area contributed by atoms with Gasteiger partial charge in [0.1, 0.15) is 17.3 Å². The number of aromatic amines is 1. The number of hydrogen-bond donors (Lipinski definition) is 3. The van der Waals surface area contributed by atoms with E-state index < -0.39 is 15.8 Å². The van der Waals surface area contributed by atoms with E-state index in [4.69, 9.17) is 26.8 Å². The van der Waals surface area contributed by atoms with E-state index >= 15 is 0 Å². The molecule has 5 aromatic rings. The maximum Gasteiger partial charge on any atom is 0.229 e. The third kappa shape index (κ3) is 5.38. The van der Waals surface area contributed by atoms with Crippen molar-refractivity contribution >= 4 is 49.8 Å². The van der Waals surface area contributed by atoms with Gasteiger partial charge in [0, 0.05) is 22.0 Å². The normalized spacial score (nSPS) is 11.5. The Balaban J connectivity index is 1.43. The van der Waals surface area contributed by atoms with Crippen LogP contribution in [0.2, 0.25) is 5.02 Å². The van der Waals surface area contributed by atoms with Crippen LogP contribution >= 0.6 is 11.6 Å². The summed E-state index contributed by atoms with van der Waals surface area (Å²) in [6.07, 6.45) is 3.98. The number of nitrogens with one attached hydrogen (secondary N) is 2. The van der Waals surface area contributed by atoms with Crippen molar-refractivity contribution in [3.8, 4) is 23.1 Å². The lowest BCUT2D eigenvalue weighted by atomic mass is 10.1. The number of nitrogens with zero attached hydrogens (tertiary/aromatic N) is 3. The summed E-state index contributed by atoms with van der Waals surface area (Å²) in [5.41, 5.74) is 8.89. The maximum atomic E-state index is 13.4. The Labute approximate surface area is 228 Å². The number of carbonyl (C=O) groups is 1. The second kappa shape index (κ2) is 9.97. The minimum Gasteiger partial charge on any atom is -0.495 e. The molecule has 0 saturated heterocycles. The first-order valence-electron chi connectivity index (χ1n) is 11.5. The van der Waals surface area contributed by atoms with E-state index in [2.05, 4.69) is 19.8 Å². The van der Waals surface area contributed by atoms with E-state index in [1.807, 2.05) is 6.92 Å². The van der Waals surface area contributed by atoms with Gasteiger partial charge in [-0.25, -0.2) is 18.1 Å². The van der Waals surface area contributed by atoms with E-state index in [-0.39, 0.29) is 22.8 Å². The fraction of sp³-hybridized carbons (Fsp3) is 0.115. The van der Waals surface area contributed by atoms with E-state index in [0.717, 1.165) is 11.8 Å². The van der Waals surface area contributed by atoms with Gasteiger partial charge in [0.15, 0.2) is 0 Å². The quantitative estimate of drug-likeness (QED) is 0.228. The lowest BCUT2D eigenvalue weighted by molar-refractivity contribution is 0.103. The molecule has 3 heterocycles. The number of rotatable bonds is 8. The number of anilines is 2. The highest BCUT2D eigenvalue weighted by molar-refractivity contribution is 7.92. The van der Waals surface area contributed by atoms with Crippen LogP contribution < -0.4 is 19.9 Å². The van der Waals surface area contributed by atoms with Crippen molar-refractivity contribution in [1.82, 2.24) is 19.7 Å². The van der Waals surface area contributed by atoms with Gasteiger partial charge in [-0.1, -0.05) is 17.7 Å². The molecule has 0 bridgehead atoms. The van der Waals surface area contributed by atoms with Crippen molar-refractivity contribution in [3.63, 3.8) is 0 Å². The van der Waals surface area contributed by atoms with Crippen molar-refractivity contribution in [3.05, 3.63) is 82.8 Å². The van der Waals surface area contributed by atoms with Crippen LogP contribution in [0.4, 0.5) is 11.5 Å². The van der Waals surface area contributed by atoms with Gasteiger partial charge < -0.3 is 20.2 Å². The summed E-state index contributed by atoms with van der Waals surface area (Å²) in [7, 11) is -2.12. The Kier molecular flexibility index (Phi) is 6.66. The molecule has 2 aromatic carbocycles. The maximum absolute atomic E-state index is 13.4. The number of ketones is 1. The van der Waals surface area contributed by atoms with E-state index in [9.17, 15) is 13.2 Å². The summed E-state index contributed by atoms with van der Waals surface area (Å²) >= 11 is 6.02. The standard InChI is InChI=1S/C26H23ClN6O5S/c1-14-7-24(38-17-6-4-5-16(27)10-17)29-13-22(14)33-26(28)18(12-30-33)25(34)21-8-15-9-23(37-2)20(11-19(15)31-21)32-39(3,35)36/h4-13,31-32H,28H2,1-3H3. The van der Waals surface area contributed by atoms with Gasteiger partial charge in [-0.3, -0.25) is 9.52 Å². The van der Waals surface area contributed by atoms with Gasteiger partial charge in [0.2, 0.25) is 21.7 Å². The van der Waals surface area contributed by atoms with Crippen LogP contribution in [0.5, 0.6) is 17.4 Å². The monoisotopic (exact) mass is 566 g/mol. The topological polar surface area (TPSA) is 154 Å². The summed E-state index contributed by atoms with van der Waals surface area (Å²) in [5.74, 6) is 0.953. The van der Waals surface area contributed by atoms with Gasteiger partial charge in [-0.05, 0) is 48.9 Å². The zero-order chi connectivity index (χ0) is 27.9. The third-order valence-electron chi connectivity index (χ3n) is 5.84. The molecule has 0 aliphatic rings. The van der Waals surface area contributed by atoms with Crippen LogP contribution in [0.3, 0.4) is 0 Å². The van der Waals surface area contributed by atoms with Gasteiger partial charge in [0.25, 0.3) is 0 Å². The number of pyridine rings is 1. The smallest absolute Gasteiger partial charge is 0.229 e. The van der Waals surface area contributed by atoms with Gasteiger partial charge >= 0.3 is 0 Å². The average Bonchev–Trinajstić information content (AvgIpc) is 3.45. The number of nitrogen functional groups attached to an aromatic ring is 1. The minimum absolute atomic E-state index is 0.129. The minimum atomic E-state index is -3.54. The molecule has 11 nitrogen and oxygen atoms in total. The highest BCUT2D eigenvalue weighted by atomic mass is 35.5. The van der Waals surface area contributed by atoms with Gasteiger partial charge in [-0.2, -0.15) is 5.10 Å². The molecule has 0 fully saturated rings. The van der Waals surface area contributed by atoms with Crippen LogP contribution in [-0.2, 0) is 10.0 Å². The lowest BCUT2D eigenvalue weighted by Crippen LogP contribution is -2.10. The third-order valence-corrected chi connectivity index (χ3v) is 6.66. The highest BCUT2D eigenvalue weighted by Crippen LogP contribution is 2.32. The number of H-pyrrole nitrogens is 1. The summed E-state index contributed by atoms with van der Waals surface area (Å²) in [6, 6.07) is 13.5. The number of ether oxygens (including phenoxy) is 2. The Morgan fingerprint density at radius 2 is 1.95 bits per heavy atom. The molecule has 0 atom stereocenters. The molecule has 0 spiro atoms. The van der Waals surface area contributed by atoms with Crippen molar-refractivity contribution in [2.45, 2.75) is 6.92 Å². The first-order chi connectivity index (χ1) is 18.5. The number of aryl methyl sites for hydroxylation is 1. The fourth-order valence-electron chi connectivity index (χ4n) is 4.05. The number of benzene rings is 2. The van der Waals surface area contributed by atoms with Crippen LogP contribution in [-0.4, -0.2) is 47.3 Å². The molecular weight excluding hydrogens is 544 g/mol. The number of halogens is 1. The SMILES string of the molecule is COc1cc2cc(C(=O)c3cnn(-c4cnc(Oc5cccc(Cl)c5)cc4C)c3N)[nH]c2cc1NS(C)(=O)=O. The molecule has 39 heavy (non-hydrogen) atoms. The van der Waals surface area contributed by atoms with Crippen molar-refractivity contribution in [1.29, 1.82) is 0 Å². The summed E-state index contributed by atoms with van der Waals surface area (Å²) in [4.78, 5) is 20.7. The molecule has 0 radical (unpaired) electrons. The fourth-order valence-corrected chi connectivity index (χ4v) is 4.79. The van der Waals surface area contributed by atoms with Gasteiger partial charge in [0.05, 0.1) is 48.4 Å². The van der Waals surface area contributed by atoms with Gasteiger partial charge in [-0.15, -0.1) is 0 Å². The second-order valence-electron chi connectivity index (χ2n) is 8.75. The predicted molar refractivity (Wildman–Crippen MR) is 149 cm³/mol. The van der Waals surface area contributed by atoms with E-state index in [1.165, 1.54) is 18.0 Å². The molecule has 200 valence electrons.